The molecule has 0 heterocycles. The molecule has 0 unspecified atom stereocenters. The van der Waals surface area contributed by atoms with Gasteiger partial charge in [0.05, 0.1) is 19.6 Å². The molecule has 1 aliphatic carbocycles. The summed E-state index contributed by atoms with van der Waals surface area (Å²) in [5.74, 6) is -1.27. The first kappa shape index (κ1) is 15.2. The zero-order valence-electron chi connectivity index (χ0n) is 11.3. The van der Waals surface area contributed by atoms with Crippen LogP contribution < -0.4 is 0 Å². The second-order valence-corrected chi connectivity index (χ2v) is 4.32. The van der Waals surface area contributed by atoms with Crippen LogP contribution in [0.1, 0.15) is 19.8 Å². The van der Waals surface area contributed by atoms with E-state index in [-0.39, 0.29) is 37.0 Å². The summed E-state index contributed by atoms with van der Waals surface area (Å²) >= 11 is 0. The van der Waals surface area contributed by atoms with Crippen molar-refractivity contribution in [3.8, 4) is 0 Å². The molecule has 0 N–H and O–H groups in total. The Balaban J connectivity index is 2.57. The van der Waals surface area contributed by atoms with Crippen LogP contribution in [0.5, 0.6) is 0 Å². The fourth-order valence-corrected chi connectivity index (χ4v) is 2.05. The number of esters is 2. The Morgan fingerprint density at radius 3 is 2.47 bits per heavy atom. The molecule has 0 saturated heterocycles. The summed E-state index contributed by atoms with van der Waals surface area (Å²) in [7, 11) is 1.33. The third-order valence-corrected chi connectivity index (χ3v) is 3.15. The second-order valence-electron chi connectivity index (χ2n) is 4.32. The maximum absolute atomic E-state index is 11.7. The van der Waals surface area contributed by atoms with E-state index in [1.807, 2.05) is 0 Å². The van der Waals surface area contributed by atoms with Crippen LogP contribution in [0.25, 0.3) is 0 Å². The van der Waals surface area contributed by atoms with E-state index >= 15 is 0 Å². The van der Waals surface area contributed by atoms with E-state index in [1.165, 1.54) is 12.0 Å². The van der Waals surface area contributed by atoms with Gasteiger partial charge in [-0.05, 0) is 25.8 Å². The number of carbonyl (C=O) groups is 3. The van der Waals surface area contributed by atoms with Gasteiger partial charge in [0.15, 0.2) is 0 Å². The zero-order valence-corrected chi connectivity index (χ0v) is 11.3. The van der Waals surface area contributed by atoms with Gasteiger partial charge in [-0.3, -0.25) is 14.4 Å². The Hall–Kier alpha value is -1.85. The van der Waals surface area contributed by atoms with Crippen molar-refractivity contribution in [2.45, 2.75) is 25.8 Å². The Morgan fingerprint density at radius 1 is 1.37 bits per heavy atom. The van der Waals surface area contributed by atoms with E-state index in [9.17, 15) is 14.4 Å². The van der Waals surface area contributed by atoms with Gasteiger partial charge >= 0.3 is 11.9 Å². The number of ether oxygens (including phenoxy) is 2. The molecule has 106 valence electrons. The smallest absolute Gasteiger partial charge is 0.325 e. The number of hydrogen-bond acceptors (Lipinski definition) is 5. The average Bonchev–Trinajstić information content (AvgIpc) is 2.34. The minimum atomic E-state index is -0.459. The maximum Gasteiger partial charge on any atom is 0.325 e. The van der Waals surface area contributed by atoms with E-state index in [4.69, 9.17) is 4.74 Å². The average molecular weight is 269 g/mol. The Bertz CT molecular complexity index is 373. The molecule has 6 heteroatoms. The third-order valence-electron chi connectivity index (χ3n) is 3.15. The molecule has 0 aromatic heterocycles. The van der Waals surface area contributed by atoms with E-state index in [0.29, 0.717) is 12.8 Å². The van der Waals surface area contributed by atoms with Crippen LogP contribution in [0, 0.1) is 5.92 Å². The molecule has 6 nitrogen and oxygen atoms in total. The SMILES string of the molecule is C=CC(=O)N(CC(=O)OCC)C1CC(C(=O)OC)C1. The van der Waals surface area contributed by atoms with E-state index in [0.717, 1.165) is 6.08 Å². The van der Waals surface area contributed by atoms with Gasteiger partial charge in [0, 0.05) is 6.04 Å². The lowest BCUT2D eigenvalue weighted by atomic mass is 9.79. The minimum Gasteiger partial charge on any atom is -0.469 e. The van der Waals surface area contributed by atoms with Gasteiger partial charge in [-0.1, -0.05) is 6.58 Å². The van der Waals surface area contributed by atoms with Gasteiger partial charge in [0.25, 0.3) is 0 Å². The van der Waals surface area contributed by atoms with Gasteiger partial charge in [-0.2, -0.15) is 0 Å². The number of methoxy groups -OCH3 is 1. The number of nitrogens with zero attached hydrogens (tertiary/aromatic N) is 1. The van der Waals surface area contributed by atoms with Crippen molar-refractivity contribution in [2.24, 2.45) is 5.92 Å². The van der Waals surface area contributed by atoms with Crippen molar-refractivity contribution in [3.63, 3.8) is 0 Å². The molecule has 0 spiro atoms. The van der Waals surface area contributed by atoms with Crippen LogP contribution in [0.2, 0.25) is 0 Å². The molecule has 1 rings (SSSR count). The minimum absolute atomic E-state index is 0.114. The van der Waals surface area contributed by atoms with Crippen LogP contribution in [0.3, 0.4) is 0 Å². The molecule has 0 radical (unpaired) electrons. The molecule has 1 fully saturated rings. The molecule has 1 saturated carbocycles. The Labute approximate surface area is 112 Å². The first-order chi connectivity index (χ1) is 9.03. The summed E-state index contributed by atoms with van der Waals surface area (Å²) in [5, 5.41) is 0. The quantitative estimate of drug-likeness (QED) is 0.519. The number of hydrogen-bond donors (Lipinski definition) is 0. The molecular weight excluding hydrogens is 250 g/mol. The fraction of sp³-hybridized carbons (Fsp3) is 0.615. The molecule has 0 aliphatic heterocycles. The largest absolute Gasteiger partial charge is 0.469 e. The normalized spacial score (nSPS) is 20.9. The summed E-state index contributed by atoms with van der Waals surface area (Å²) in [5.41, 5.74) is 0. The first-order valence-electron chi connectivity index (χ1n) is 6.19. The van der Waals surface area contributed by atoms with Crippen molar-refractivity contribution >= 4 is 17.8 Å². The molecule has 1 aliphatic rings. The summed E-state index contributed by atoms with van der Waals surface area (Å²) in [6.07, 6.45) is 2.17. The van der Waals surface area contributed by atoms with Crippen LogP contribution in [-0.2, 0) is 23.9 Å². The highest BCUT2D eigenvalue weighted by molar-refractivity contribution is 5.90. The lowest BCUT2D eigenvalue weighted by Gasteiger charge is -2.40. The van der Waals surface area contributed by atoms with Crippen molar-refractivity contribution in [3.05, 3.63) is 12.7 Å². The predicted molar refractivity (Wildman–Crippen MR) is 67.1 cm³/mol. The van der Waals surface area contributed by atoms with Crippen molar-refractivity contribution in [1.29, 1.82) is 0 Å². The second kappa shape index (κ2) is 6.92. The highest BCUT2D eigenvalue weighted by Gasteiger charge is 2.40. The first-order valence-corrected chi connectivity index (χ1v) is 6.19. The predicted octanol–water partition coefficient (Wildman–Crippen LogP) is 0.516. The van der Waals surface area contributed by atoms with Gasteiger partial charge in [-0.25, -0.2) is 0 Å². The van der Waals surface area contributed by atoms with Crippen LogP contribution in [-0.4, -0.2) is 49.0 Å². The van der Waals surface area contributed by atoms with Gasteiger partial charge in [-0.15, -0.1) is 0 Å². The van der Waals surface area contributed by atoms with Gasteiger partial charge in [0.2, 0.25) is 5.91 Å². The lowest BCUT2D eigenvalue weighted by Crippen LogP contribution is -2.51. The summed E-state index contributed by atoms with van der Waals surface area (Å²) in [4.78, 5) is 35.8. The van der Waals surface area contributed by atoms with Crippen molar-refractivity contribution in [2.75, 3.05) is 20.3 Å². The standard InChI is InChI=1S/C13H19NO5/c1-4-11(15)14(8-12(16)19-5-2)10-6-9(7-10)13(17)18-3/h4,9-10H,1,5-8H2,2-3H3. The Kier molecular flexibility index (Phi) is 5.54. The molecular formula is C13H19NO5. The summed E-state index contributed by atoms with van der Waals surface area (Å²) in [6, 6.07) is -0.140. The molecule has 0 aromatic rings. The third kappa shape index (κ3) is 3.81. The maximum atomic E-state index is 11.7. The van der Waals surface area contributed by atoms with E-state index < -0.39 is 5.97 Å². The monoisotopic (exact) mass is 269 g/mol. The van der Waals surface area contributed by atoms with E-state index in [2.05, 4.69) is 11.3 Å². The molecule has 0 aromatic carbocycles. The number of amides is 1. The highest BCUT2D eigenvalue weighted by atomic mass is 16.5. The Morgan fingerprint density at radius 2 is 2.00 bits per heavy atom. The topological polar surface area (TPSA) is 72.9 Å². The van der Waals surface area contributed by atoms with E-state index in [1.54, 1.807) is 6.92 Å². The number of carbonyl (C=O) groups excluding carboxylic acids is 3. The number of rotatable bonds is 6. The van der Waals surface area contributed by atoms with Crippen LogP contribution in [0.4, 0.5) is 0 Å². The molecule has 19 heavy (non-hydrogen) atoms. The van der Waals surface area contributed by atoms with Crippen molar-refractivity contribution < 1.29 is 23.9 Å². The zero-order chi connectivity index (χ0) is 14.4. The van der Waals surface area contributed by atoms with Crippen molar-refractivity contribution in [1.82, 2.24) is 4.90 Å². The molecule has 1 amide bonds. The highest BCUT2D eigenvalue weighted by Crippen LogP contribution is 2.32. The van der Waals surface area contributed by atoms with Gasteiger partial charge < -0.3 is 14.4 Å². The van der Waals surface area contributed by atoms with Gasteiger partial charge in [0.1, 0.15) is 6.54 Å². The molecule has 0 atom stereocenters. The molecule has 0 bridgehead atoms. The van der Waals surface area contributed by atoms with Crippen LogP contribution >= 0.6 is 0 Å². The summed E-state index contributed by atoms with van der Waals surface area (Å²) in [6.45, 7) is 5.27. The summed E-state index contributed by atoms with van der Waals surface area (Å²) < 4.78 is 9.46. The van der Waals surface area contributed by atoms with Crippen LogP contribution in [0.15, 0.2) is 12.7 Å². The fourth-order valence-electron chi connectivity index (χ4n) is 2.05. The lowest BCUT2D eigenvalue weighted by molar-refractivity contribution is -0.156.